The molecule has 0 fully saturated rings. The number of aliphatic hydroxyl groups excluding tert-OH is 3. The Balaban J connectivity index is 0.745. The van der Waals surface area contributed by atoms with Crippen molar-refractivity contribution in [1.82, 2.24) is 27.4 Å². The Kier molecular flexibility index (Phi) is 17.1. The van der Waals surface area contributed by atoms with Crippen molar-refractivity contribution in [3.05, 3.63) is 168 Å². The number of carbonyl (C=O) groups excluding carboxylic acids is 4. The van der Waals surface area contributed by atoms with Crippen LogP contribution in [-0.4, -0.2) is 136 Å². The van der Waals surface area contributed by atoms with Gasteiger partial charge in [0.15, 0.2) is 0 Å². The Hall–Kier alpha value is -11.2. The number of nitrogens with one attached hydrogen (secondary N) is 5. The van der Waals surface area contributed by atoms with Crippen LogP contribution >= 0.6 is 0 Å². The number of aliphatic hydroxyl groups is 3. The van der Waals surface area contributed by atoms with Crippen LogP contribution in [0.3, 0.4) is 0 Å². The third-order valence-electron chi connectivity index (χ3n) is 14.4. The zero-order valence-corrected chi connectivity index (χ0v) is 52.7. The van der Waals surface area contributed by atoms with Crippen LogP contribution < -0.4 is 26.6 Å². The van der Waals surface area contributed by atoms with Gasteiger partial charge in [-0.3, -0.25) is 37.4 Å². The second-order valence-electron chi connectivity index (χ2n) is 21.0. The molecule has 12 N–H and O–H groups in total. The molecular weight excluding hydrogens is 1310 g/mol. The van der Waals surface area contributed by atoms with Gasteiger partial charge in [-0.25, -0.2) is 9.98 Å². The highest BCUT2D eigenvalue weighted by atomic mass is 32.2. The highest BCUT2D eigenvalue weighted by molar-refractivity contribution is 7.87. The number of benzene rings is 4. The Labute approximate surface area is 531 Å². The minimum atomic E-state index is -4.89. The maximum atomic E-state index is 13.6. The van der Waals surface area contributed by atoms with Crippen LogP contribution in [0, 0.1) is 0 Å². The maximum absolute atomic E-state index is 13.6. The highest BCUT2D eigenvalue weighted by Gasteiger charge is 2.25. The fourth-order valence-electron chi connectivity index (χ4n) is 10.1. The lowest BCUT2D eigenvalue weighted by Gasteiger charge is -2.09. The Bertz CT molecular complexity index is 5460. The first-order chi connectivity index (χ1) is 43.9. The maximum Gasteiger partial charge on any atom is 0.295 e. The molecule has 0 aliphatic rings. The van der Waals surface area contributed by atoms with Gasteiger partial charge in [0.1, 0.15) is 44.0 Å². The molecule has 94 heavy (non-hydrogen) atoms. The molecule has 6 heterocycles. The monoisotopic (exact) mass is 1360 g/mol. The molecule has 0 radical (unpaired) electrons. The molecule has 4 amide bonds. The smallest absolute Gasteiger partial charge is 0.295 e. The van der Waals surface area contributed by atoms with Gasteiger partial charge in [0.2, 0.25) is 11.8 Å². The van der Waals surface area contributed by atoms with Gasteiger partial charge in [0.25, 0.3) is 70.1 Å². The van der Waals surface area contributed by atoms with Crippen molar-refractivity contribution < 1.29 is 86.4 Å². The lowest BCUT2D eigenvalue weighted by Crippen LogP contribution is -2.15. The summed E-state index contributed by atoms with van der Waals surface area (Å²) in [6.07, 6.45) is 8.80. The molecule has 0 aliphatic carbocycles. The molecule has 6 aromatic heterocycles. The molecular formula is C57H52N14O19S4. The fraction of sp³-hybridized carbons (Fsp3) is 0.105. The molecule has 10 rings (SSSR count). The van der Waals surface area contributed by atoms with E-state index in [9.17, 15) is 86.4 Å². The van der Waals surface area contributed by atoms with E-state index in [1.165, 1.54) is 115 Å². The van der Waals surface area contributed by atoms with Crippen LogP contribution in [0.4, 0.5) is 45.5 Å². The van der Waals surface area contributed by atoms with Crippen molar-refractivity contribution in [3.63, 3.8) is 0 Å². The van der Waals surface area contributed by atoms with Crippen LogP contribution in [0.2, 0.25) is 0 Å². The quantitative estimate of drug-likeness (QED) is 0.0235. The summed E-state index contributed by atoms with van der Waals surface area (Å²) in [5.41, 5.74) is 1.59. The van der Waals surface area contributed by atoms with E-state index in [1.54, 1.807) is 28.2 Å². The zero-order valence-electron chi connectivity index (χ0n) is 49.4. The van der Waals surface area contributed by atoms with Crippen molar-refractivity contribution in [2.24, 2.45) is 57.3 Å². The number of rotatable bonds is 18. The molecule has 37 heteroatoms. The van der Waals surface area contributed by atoms with Gasteiger partial charge in [-0.05, 0) is 84.9 Å². The van der Waals surface area contributed by atoms with E-state index in [-0.39, 0.29) is 101 Å². The number of fused-ring (bicyclic) bond motifs is 2. The summed E-state index contributed by atoms with van der Waals surface area (Å²) < 4.78 is 143. The van der Waals surface area contributed by atoms with Crippen LogP contribution in [0.5, 0.6) is 0 Å². The van der Waals surface area contributed by atoms with E-state index in [2.05, 4.69) is 41.6 Å². The van der Waals surface area contributed by atoms with Gasteiger partial charge in [-0.1, -0.05) is 12.1 Å². The van der Waals surface area contributed by atoms with Crippen molar-refractivity contribution in [2.75, 3.05) is 26.6 Å². The topological polar surface area (TPSA) is 473 Å². The number of amidine groups is 1. The number of hydrogen-bond donors (Lipinski definition) is 12. The number of anilines is 5. The van der Waals surface area contributed by atoms with Crippen molar-refractivity contribution in [1.29, 1.82) is 0 Å². The number of amides is 4. The Morgan fingerprint density at radius 2 is 0.638 bits per heavy atom. The SMILES string of the molecule is Cn1cc(N=C(O)Nc2cc(C(=O)Nc3cc(C(=O)Nc4cc(C(O)=Nc5ccc(S(=O)(=O)O)c6cc(S(=O)(=O)O)ccc56)n(C)c4)n(C)c3)n(C)c2)cc1C(=O)Nc1cc(C(=O)Nc2cc(C(O)=Nc3ccc(S(=O)(=O)O)c4cc(S(=O)(=O)O)ccc34)n(C)c2)n(C)c1. The molecule has 0 atom stereocenters. The number of hydrogen-bond acceptors (Lipinski definition) is 15. The zero-order chi connectivity index (χ0) is 68.4. The van der Waals surface area contributed by atoms with E-state index in [4.69, 9.17) is 0 Å². The number of carbonyl (C=O) groups is 4. The molecule has 0 saturated carbocycles. The normalized spacial score (nSPS) is 12.8. The largest absolute Gasteiger partial charge is 0.492 e. The van der Waals surface area contributed by atoms with Gasteiger partial charge >= 0.3 is 0 Å². The minimum Gasteiger partial charge on any atom is -0.492 e. The summed E-state index contributed by atoms with van der Waals surface area (Å²) >= 11 is 0. The third kappa shape index (κ3) is 13.8. The first-order valence-electron chi connectivity index (χ1n) is 26.8. The second-order valence-corrected chi connectivity index (χ2v) is 26.7. The Morgan fingerprint density at radius 3 is 0.968 bits per heavy atom. The number of aromatic nitrogens is 6. The standard InChI is InChI=1S/C57H52N14O19S4/c1-66-23-29(15-43(66)51(72)60-31-17-47(68(3)25-31)55(76)64-41-11-13-49(93(85,86)87)39-21-35(91(79,80)81)7-9-37(39)41)58-53(74)45-19-33(27-70(45)5)62-57(78)63-34-20-46(71(6)28-34)54(75)59-30-16-44(67(2)24-30)52(73)61-32-18-48(69(4)26-32)56(77)65-42-12-14-50(94(88,89)90)40-22-36(92(82,83)84)8-10-38(40)42/h7-28H,1-6H3,(H,58,74)(H,59,75)(H,60,72)(H,61,73)(H,64,76)(H,65,77)(H2,62,63,78)(H,79,80,81)(H,82,83,84)(H,85,86,87)(H,88,89,90). The average Bonchev–Trinajstić information content (AvgIpc) is 1.17. The van der Waals surface area contributed by atoms with E-state index in [1.807, 2.05) is 0 Å². The van der Waals surface area contributed by atoms with Crippen LogP contribution in [0.1, 0.15) is 53.3 Å². The molecule has 33 nitrogen and oxygen atoms in total. The molecule has 488 valence electrons. The van der Waals surface area contributed by atoms with Gasteiger partial charge < -0.3 is 69.3 Å². The van der Waals surface area contributed by atoms with Gasteiger partial charge in [-0.2, -0.15) is 38.7 Å². The van der Waals surface area contributed by atoms with Crippen LogP contribution in [0.25, 0.3) is 21.5 Å². The highest BCUT2D eigenvalue weighted by Crippen LogP contribution is 2.36. The Morgan fingerprint density at radius 1 is 0.340 bits per heavy atom. The summed E-state index contributed by atoms with van der Waals surface area (Å²) in [6, 6.07) is 17.8. The van der Waals surface area contributed by atoms with Crippen LogP contribution in [0.15, 0.2) is 169 Å². The summed E-state index contributed by atoms with van der Waals surface area (Å²) in [7, 11) is -10.1. The number of nitrogens with zero attached hydrogens (tertiary/aromatic N) is 9. The van der Waals surface area contributed by atoms with Crippen molar-refractivity contribution in [3.8, 4) is 0 Å². The second kappa shape index (κ2) is 24.5. The molecule has 0 bridgehead atoms. The first kappa shape index (κ1) is 65.8. The predicted molar refractivity (Wildman–Crippen MR) is 342 cm³/mol. The first-order valence-corrected chi connectivity index (χ1v) is 32.5. The fourth-order valence-corrected chi connectivity index (χ4v) is 12.4. The van der Waals surface area contributed by atoms with E-state index < -0.39 is 102 Å². The van der Waals surface area contributed by atoms with E-state index in [0.29, 0.717) is 0 Å². The van der Waals surface area contributed by atoms with Gasteiger partial charge in [0.05, 0.1) is 55.3 Å². The van der Waals surface area contributed by atoms with Crippen molar-refractivity contribution >= 4 is 149 Å². The van der Waals surface area contributed by atoms with Gasteiger partial charge in [0, 0.05) is 101 Å². The predicted octanol–water partition coefficient (Wildman–Crippen LogP) is 6.95. The molecule has 0 spiro atoms. The molecule has 0 unspecified atom stereocenters. The lowest BCUT2D eigenvalue weighted by molar-refractivity contribution is 0.101. The number of aryl methyl sites for hydroxylation is 6. The molecule has 0 aliphatic heterocycles. The summed E-state index contributed by atoms with van der Waals surface area (Å²) in [4.78, 5) is 64.1. The minimum absolute atomic E-state index is 0.0134. The van der Waals surface area contributed by atoms with E-state index in [0.717, 1.165) is 60.7 Å². The van der Waals surface area contributed by atoms with Crippen LogP contribution in [-0.2, 0) is 82.8 Å². The third-order valence-corrected chi connectivity index (χ3v) is 17.9. The summed E-state index contributed by atoms with van der Waals surface area (Å²) in [6.45, 7) is 0. The van der Waals surface area contributed by atoms with E-state index >= 15 is 0 Å². The summed E-state index contributed by atoms with van der Waals surface area (Å²) in [5.74, 6) is -3.73. The molecule has 10 aromatic rings. The van der Waals surface area contributed by atoms with Gasteiger partial charge in [-0.15, -0.1) is 0 Å². The molecule has 0 saturated heterocycles. The molecule has 4 aromatic carbocycles. The number of aliphatic imine (C=N–C) groups is 3. The van der Waals surface area contributed by atoms with Crippen molar-refractivity contribution in [2.45, 2.75) is 19.6 Å². The lowest BCUT2D eigenvalue weighted by atomic mass is 10.1. The average molecular weight is 1370 g/mol. The summed E-state index contributed by atoms with van der Waals surface area (Å²) in [5, 5.41) is 46.0.